The van der Waals surface area contributed by atoms with E-state index in [0.717, 1.165) is 0 Å². The Bertz CT molecular complexity index is 536. The monoisotopic (exact) mass is 266 g/mol. The van der Waals surface area contributed by atoms with Gasteiger partial charge in [-0.25, -0.2) is 4.79 Å². The van der Waals surface area contributed by atoms with Crippen molar-refractivity contribution < 1.29 is 23.9 Å². The van der Waals surface area contributed by atoms with Crippen molar-refractivity contribution in [1.29, 1.82) is 0 Å². The molecule has 0 aromatic carbocycles. The number of carbonyl (C=O) groups excluding carboxylic acids is 2. The van der Waals surface area contributed by atoms with E-state index in [2.05, 4.69) is 5.32 Å². The largest absolute Gasteiger partial charge is 0.475 e. The zero-order chi connectivity index (χ0) is 14.2. The number of carboxylic acids is 1. The lowest BCUT2D eigenvalue weighted by Crippen LogP contribution is -2.57. The molecule has 1 aliphatic rings. The summed E-state index contributed by atoms with van der Waals surface area (Å²) in [6.07, 6.45) is 0. The molecule has 0 bridgehead atoms. The van der Waals surface area contributed by atoms with E-state index in [1.807, 2.05) is 0 Å². The summed E-state index contributed by atoms with van der Waals surface area (Å²) in [5.41, 5.74) is 0. The lowest BCUT2D eigenvalue weighted by molar-refractivity contribution is -0.141. The summed E-state index contributed by atoms with van der Waals surface area (Å²) in [5.74, 6) is -1.65. The molecule has 0 spiro atoms. The number of hydrogen-bond acceptors (Lipinski definition) is 5. The molecule has 7 heteroatoms. The van der Waals surface area contributed by atoms with Crippen LogP contribution in [0.4, 0.5) is 0 Å². The number of nitrogens with one attached hydrogen (secondary N) is 1. The zero-order valence-corrected chi connectivity index (χ0v) is 10.5. The minimum absolute atomic E-state index is 0.0666. The molecular weight excluding hydrogens is 252 g/mol. The summed E-state index contributed by atoms with van der Waals surface area (Å²) in [4.78, 5) is 35.4. The first kappa shape index (κ1) is 13.3. The van der Waals surface area contributed by atoms with Gasteiger partial charge >= 0.3 is 5.97 Å². The Balaban J connectivity index is 2.21. The topological polar surface area (TPSA) is 99.9 Å². The van der Waals surface area contributed by atoms with Crippen LogP contribution in [0.15, 0.2) is 16.5 Å². The predicted molar refractivity (Wildman–Crippen MR) is 63.4 cm³/mol. The van der Waals surface area contributed by atoms with Crippen LogP contribution in [0.3, 0.4) is 0 Å². The van der Waals surface area contributed by atoms with E-state index in [0.29, 0.717) is 5.76 Å². The van der Waals surface area contributed by atoms with Crippen LogP contribution in [0, 0.1) is 0 Å². The maximum absolute atomic E-state index is 11.6. The van der Waals surface area contributed by atoms with Gasteiger partial charge in [0.25, 0.3) is 0 Å². The first-order chi connectivity index (χ1) is 8.90. The van der Waals surface area contributed by atoms with Crippen molar-refractivity contribution in [3.8, 4) is 0 Å². The fourth-order valence-corrected chi connectivity index (χ4v) is 2.06. The summed E-state index contributed by atoms with van der Waals surface area (Å²) < 4.78 is 5.19. The zero-order valence-electron chi connectivity index (χ0n) is 10.5. The van der Waals surface area contributed by atoms with Crippen LogP contribution in [0.2, 0.25) is 0 Å². The minimum Gasteiger partial charge on any atom is -0.475 e. The summed E-state index contributed by atoms with van der Waals surface area (Å²) in [5, 5.41) is 11.0. The van der Waals surface area contributed by atoms with E-state index in [1.165, 1.54) is 12.1 Å². The first-order valence-electron chi connectivity index (χ1n) is 5.82. The molecule has 2 rings (SSSR count). The molecular formula is C12H14N2O5. The highest BCUT2D eigenvalue weighted by molar-refractivity contribution is 6.00. The lowest BCUT2D eigenvalue weighted by atomic mass is 10.1. The van der Waals surface area contributed by atoms with Gasteiger partial charge in [0.15, 0.2) is 0 Å². The molecule has 2 atom stereocenters. The Morgan fingerprint density at radius 2 is 2.21 bits per heavy atom. The summed E-state index contributed by atoms with van der Waals surface area (Å²) in [6, 6.07) is 2.05. The van der Waals surface area contributed by atoms with Crippen molar-refractivity contribution in [2.24, 2.45) is 0 Å². The molecule has 0 aliphatic carbocycles. The van der Waals surface area contributed by atoms with Crippen LogP contribution in [0.1, 0.15) is 36.2 Å². The van der Waals surface area contributed by atoms with Gasteiger partial charge in [-0.1, -0.05) is 0 Å². The molecule has 102 valence electrons. The van der Waals surface area contributed by atoms with Crippen molar-refractivity contribution in [3.05, 3.63) is 23.7 Å². The van der Waals surface area contributed by atoms with Gasteiger partial charge in [-0.05, 0) is 26.0 Å². The van der Waals surface area contributed by atoms with Crippen LogP contribution < -0.4 is 5.32 Å². The number of carbonyl (C=O) groups is 3. The van der Waals surface area contributed by atoms with Gasteiger partial charge < -0.3 is 9.52 Å². The maximum Gasteiger partial charge on any atom is 0.371 e. The summed E-state index contributed by atoms with van der Waals surface area (Å²) in [6.45, 7) is 3.50. The fourth-order valence-electron chi connectivity index (χ4n) is 2.06. The van der Waals surface area contributed by atoms with E-state index in [4.69, 9.17) is 9.52 Å². The molecule has 1 fully saturated rings. The van der Waals surface area contributed by atoms with E-state index in [1.54, 1.807) is 18.7 Å². The van der Waals surface area contributed by atoms with E-state index < -0.39 is 12.0 Å². The second-order valence-corrected chi connectivity index (χ2v) is 4.44. The average Bonchev–Trinajstić information content (AvgIpc) is 2.82. The Morgan fingerprint density at radius 1 is 1.53 bits per heavy atom. The van der Waals surface area contributed by atoms with Gasteiger partial charge in [-0.3, -0.25) is 19.8 Å². The third-order valence-corrected chi connectivity index (χ3v) is 3.21. The summed E-state index contributed by atoms with van der Waals surface area (Å²) >= 11 is 0. The smallest absolute Gasteiger partial charge is 0.371 e. The van der Waals surface area contributed by atoms with Crippen molar-refractivity contribution in [2.75, 3.05) is 6.54 Å². The Morgan fingerprint density at radius 3 is 2.79 bits per heavy atom. The van der Waals surface area contributed by atoms with Crippen LogP contribution in [-0.2, 0) is 9.59 Å². The molecule has 1 aliphatic heterocycles. The molecule has 0 radical (unpaired) electrons. The first-order valence-corrected chi connectivity index (χ1v) is 5.82. The number of imide groups is 1. The molecule has 2 N–H and O–H groups in total. The average molecular weight is 266 g/mol. The quantitative estimate of drug-likeness (QED) is 0.767. The van der Waals surface area contributed by atoms with Crippen molar-refractivity contribution in [2.45, 2.75) is 25.9 Å². The van der Waals surface area contributed by atoms with Crippen molar-refractivity contribution in [1.82, 2.24) is 10.2 Å². The number of rotatable bonds is 3. The van der Waals surface area contributed by atoms with Gasteiger partial charge in [-0.15, -0.1) is 0 Å². The number of aromatic carboxylic acids is 1. The number of carboxylic acid groups (broad SMARTS) is 1. The normalized spacial score (nSPS) is 22.1. The van der Waals surface area contributed by atoms with Crippen LogP contribution in [0.5, 0.6) is 0 Å². The Labute approximate surface area is 109 Å². The number of piperazine rings is 1. The second kappa shape index (κ2) is 4.85. The van der Waals surface area contributed by atoms with E-state index >= 15 is 0 Å². The van der Waals surface area contributed by atoms with Crippen LogP contribution >= 0.6 is 0 Å². The highest BCUT2D eigenvalue weighted by Gasteiger charge is 2.34. The van der Waals surface area contributed by atoms with Gasteiger partial charge in [0.05, 0.1) is 18.6 Å². The molecule has 0 saturated carbocycles. The van der Waals surface area contributed by atoms with E-state index in [-0.39, 0.29) is 30.2 Å². The number of nitrogens with zero attached hydrogens (tertiary/aromatic N) is 1. The molecule has 2 amide bonds. The standard InChI is InChI=1S/C12H14N2O5/c1-6(8-3-4-9(19-8)12(17)18)14-5-10(15)13-11(16)7(14)2/h3-4,6-7H,5H2,1-2H3,(H,17,18)(H,13,15,16). The molecule has 1 saturated heterocycles. The lowest BCUT2D eigenvalue weighted by Gasteiger charge is -2.35. The number of amides is 2. The highest BCUT2D eigenvalue weighted by Crippen LogP contribution is 2.25. The highest BCUT2D eigenvalue weighted by atomic mass is 16.4. The van der Waals surface area contributed by atoms with Gasteiger partial charge in [0.2, 0.25) is 17.6 Å². The molecule has 1 aromatic rings. The van der Waals surface area contributed by atoms with Gasteiger partial charge in [0, 0.05) is 0 Å². The molecule has 2 unspecified atom stereocenters. The fraction of sp³-hybridized carbons (Fsp3) is 0.417. The maximum atomic E-state index is 11.6. The van der Waals surface area contributed by atoms with E-state index in [9.17, 15) is 14.4 Å². The number of hydrogen-bond donors (Lipinski definition) is 2. The Hall–Kier alpha value is -2.15. The Kier molecular flexibility index (Phi) is 3.39. The molecule has 1 aromatic heterocycles. The minimum atomic E-state index is -1.15. The van der Waals surface area contributed by atoms with Gasteiger partial charge in [-0.2, -0.15) is 0 Å². The van der Waals surface area contributed by atoms with Crippen LogP contribution in [-0.4, -0.2) is 40.4 Å². The van der Waals surface area contributed by atoms with Crippen molar-refractivity contribution >= 4 is 17.8 Å². The molecule has 2 heterocycles. The predicted octanol–water partition coefficient (Wildman–Crippen LogP) is 0.386. The summed E-state index contributed by atoms with van der Waals surface area (Å²) in [7, 11) is 0. The third kappa shape index (κ3) is 2.50. The second-order valence-electron chi connectivity index (χ2n) is 4.44. The third-order valence-electron chi connectivity index (χ3n) is 3.21. The van der Waals surface area contributed by atoms with Crippen molar-refractivity contribution in [3.63, 3.8) is 0 Å². The SMILES string of the molecule is CC1C(=O)NC(=O)CN1C(C)c1ccc(C(=O)O)o1. The number of furan rings is 1. The molecule has 19 heavy (non-hydrogen) atoms. The molecule has 7 nitrogen and oxygen atoms in total. The van der Waals surface area contributed by atoms with Crippen LogP contribution in [0.25, 0.3) is 0 Å². The van der Waals surface area contributed by atoms with Gasteiger partial charge in [0.1, 0.15) is 5.76 Å².